The molecule has 1 aliphatic heterocycles. The lowest BCUT2D eigenvalue weighted by atomic mass is 10.1. The van der Waals surface area contributed by atoms with Crippen molar-refractivity contribution in [2.75, 3.05) is 31.6 Å². The summed E-state index contributed by atoms with van der Waals surface area (Å²) in [6.45, 7) is 1.99. The molecule has 2 aromatic heterocycles. The first kappa shape index (κ1) is 13.4. The van der Waals surface area contributed by atoms with Crippen LogP contribution in [0.15, 0.2) is 12.1 Å². The van der Waals surface area contributed by atoms with E-state index in [1.54, 1.807) is 0 Å². The molecule has 0 spiro atoms. The quantitative estimate of drug-likeness (QED) is 0.808. The van der Waals surface area contributed by atoms with E-state index in [1.807, 2.05) is 28.6 Å². The van der Waals surface area contributed by atoms with Crippen LogP contribution >= 0.6 is 0 Å². The standard InChI is InChI=1S/C14H19N7O/c1-19(8-11(15)22)10-6-20(7-10)13-5-4-12-16-17-14(9-2-3-9)21(12)18-13/h4-5,9-10H,2-3,6-8H2,1H3,(H2,15,22). The Balaban J connectivity index is 1.49. The van der Waals surface area contributed by atoms with Gasteiger partial charge in [0.25, 0.3) is 0 Å². The summed E-state index contributed by atoms with van der Waals surface area (Å²) in [6.07, 6.45) is 2.35. The van der Waals surface area contributed by atoms with Crippen molar-refractivity contribution in [3.05, 3.63) is 18.0 Å². The molecule has 8 nitrogen and oxygen atoms in total. The molecule has 8 heteroatoms. The van der Waals surface area contributed by atoms with Crippen molar-refractivity contribution in [2.45, 2.75) is 24.8 Å². The maximum absolute atomic E-state index is 11.0. The van der Waals surface area contributed by atoms with E-state index in [0.717, 1.165) is 30.4 Å². The molecule has 2 fully saturated rings. The number of amides is 1. The van der Waals surface area contributed by atoms with Gasteiger partial charge in [-0.1, -0.05) is 0 Å². The number of primary amides is 1. The van der Waals surface area contributed by atoms with Crippen molar-refractivity contribution in [1.82, 2.24) is 24.7 Å². The second-order valence-electron chi connectivity index (χ2n) is 6.23. The second-order valence-corrected chi connectivity index (χ2v) is 6.23. The Kier molecular flexibility index (Phi) is 3.00. The lowest BCUT2D eigenvalue weighted by Gasteiger charge is -2.44. The van der Waals surface area contributed by atoms with Crippen LogP contribution in [0.5, 0.6) is 0 Å². The zero-order chi connectivity index (χ0) is 15.3. The predicted octanol–water partition coefficient (Wildman–Crippen LogP) is -0.393. The molecule has 0 unspecified atom stereocenters. The van der Waals surface area contributed by atoms with Crippen LogP contribution in [0.2, 0.25) is 0 Å². The van der Waals surface area contributed by atoms with Crippen LogP contribution in [0.4, 0.5) is 5.82 Å². The van der Waals surface area contributed by atoms with Gasteiger partial charge in [-0.3, -0.25) is 9.69 Å². The van der Waals surface area contributed by atoms with Crippen LogP contribution in [0.3, 0.4) is 0 Å². The monoisotopic (exact) mass is 301 g/mol. The zero-order valence-corrected chi connectivity index (χ0v) is 12.5. The van der Waals surface area contributed by atoms with E-state index in [0.29, 0.717) is 18.5 Å². The Bertz CT molecular complexity index is 717. The molecule has 4 rings (SSSR count). The van der Waals surface area contributed by atoms with Gasteiger partial charge in [0.1, 0.15) is 5.82 Å². The molecule has 1 aliphatic carbocycles. The van der Waals surface area contributed by atoms with E-state index in [1.165, 1.54) is 12.8 Å². The Hall–Kier alpha value is -2.22. The average molecular weight is 301 g/mol. The zero-order valence-electron chi connectivity index (χ0n) is 12.5. The van der Waals surface area contributed by atoms with Crippen LogP contribution in [-0.4, -0.2) is 63.3 Å². The Morgan fingerprint density at radius 1 is 1.36 bits per heavy atom. The highest BCUT2D eigenvalue weighted by molar-refractivity contribution is 5.76. The van der Waals surface area contributed by atoms with Gasteiger partial charge in [-0.25, -0.2) is 0 Å². The van der Waals surface area contributed by atoms with Crippen LogP contribution in [-0.2, 0) is 4.79 Å². The Labute approximate surface area is 127 Å². The highest BCUT2D eigenvalue weighted by Gasteiger charge is 2.33. The van der Waals surface area contributed by atoms with Crippen LogP contribution in [0.1, 0.15) is 24.6 Å². The maximum atomic E-state index is 11.0. The summed E-state index contributed by atoms with van der Waals surface area (Å²) in [5.74, 6) is 2.13. The van der Waals surface area contributed by atoms with Gasteiger partial charge in [-0.05, 0) is 32.0 Å². The molecule has 3 heterocycles. The fourth-order valence-electron chi connectivity index (χ4n) is 2.86. The van der Waals surface area contributed by atoms with E-state index in [9.17, 15) is 4.79 Å². The molecule has 116 valence electrons. The lowest BCUT2D eigenvalue weighted by molar-refractivity contribution is -0.119. The number of fused-ring (bicyclic) bond motifs is 1. The summed E-state index contributed by atoms with van der Waals surface area (Å²) in [5, 5.41) is 13.1. The third-order valence-corrected chi connectivity index (χ3v) is 4.43. The van der Waals surface area contributed by atoms with Crippen molar-refractivity contribution < 1.29 is 4.79 Å². The molecule has 2 aromatic rings. The summed E-state index contributed by atoms with van der Waals surface area (Å²) in [6, 6.07) is 4.28. The third kappa shape index (κ3) is 2.29. The van der Waals surface area contributed by atoms with Crippen LogP contribution in [0.25, 0.3) is 5.65 Å². The molecular weight excluding hydrogens is 282 g/mol. The highest BCUT2D eigenvalue weighted by atomic mass is 16.1. The molecule has 1 amide bonds. The minimum atomic E-state index is -0.293. The van der Waals surface area contributed by atoms with E-state index in [-0.39, 0.29) is 5.91 Å². The Morgan fingerprint density at radius 3 is 2.82 bits per heavy atom. The number of likely N-dealkylation sites (N-methyl/N-ethyl adjacent to an activating group) is 1. The number of carbonyl (C=O) groups excluding carboxylic acids is 1. The largest absolute Gasteiger partial charge is 0.369 e. The summed E-state index contributed by atoms with van der Waals surface area (Å²) < 4.78 is 1.87. The van der Waals surface area contributed by atoms with Gasteiger partial charge in [-0.15, -0.1) is 15.3 Å². The van der Waals surface area contributed by atoms with Crippen LogP contribution < -0.4 is 10.6 Å². The molecular formula is C14H19N7O. The minimum absolute atomic E-state index is 0.293. The van der Waals surface area contributed by atoms with Gasteiger partial charge in [0.2, 0.25) is 5.91 Å². The van der Waals surface area contributed by atoms with E-state index >= 15 is 0 Å². The molecule has 2 aliphatic rings. The molecule has 2 N–H and O–H groups in total. The molecule has 0 radical (unpaired) electrons. The van der Waals surface area contributed by atoms with Crippen molar-refractivity contribution in [3.8, 4) is 0 Å². The van der Waals surface area contributed by atoms with Crippen molar-refractivity contribution in [2.24, 2.45) is 5.73 Å². The molecule has 0 atom stereocenters. The van der Waals surface area contributed by atoms with E-state index in [4.69, 9.17) is 5.73 Å². The number of aromatic nitrogens is 4. The molecule has 0 aromatic carbocycles. The minimum Gasteiger partial charge on any atom is -0.369 e. The number of anilines is 1. The molecule has 1 saturated carbocycles. The topological polar surface area (TPSA) is 92.6 Å². The number of carbonyl (C=O) groups is 1. The third-order valence-electron chi connectivity index (χ3n) is 4.43. The van der Waals surface area contributed by atoms with E-state index in [2.05, 4.69) is 20.2 Å². The van der Waals surface area contributed by atoms with Crippen LogP contribution in [0, 0.1) is 0 Å². The van der Waals surface area contributed by atoms with Crippen molar-refractivity contribution in [1.29, 1.82) is 0 Å². The number of nitrogens with zero attached hydrogens (tertiary/aromatic N) is 6. The highest BCUT2D eigenvalue weighted by Crippen LogP contribution is 2.38. The molecule has 22 heavy (non-hydrogen) atoms. The maximum Gasteiger partial charge on any atom is 0.231 e. The Morgan fingerprint density at radius 2 is 2.14 bits per heavy atom. The normalized spacial score (nSPS) is 18.9. The van der Waals surface area contributed by atoms with Gasteiger partial charge in [0.05, 0.1) is 6.54 Å². The number of hydrogen-bond donors (Lipinski definition) is 1. The number of rotatable bonds is 5. The first-order valence-electron chi connectivity index (χ1n) is 7.57. The SMILES string of the molecule is CN(CC(N)=O)C1CN(c2ccc3nnc(C4CC4)n3n2)C1. The van der Waals surface area contributed by atoms with Gasteiger partial charge in [0, 0.05) is 25.0 Å². The first-order valence-corrected chi connectivity index (χ1v) is 7.57. The molecule has 0 bridgehead atoms. The average Bonchev–Trinajstić information content (AvgIpc) is 3.16. The fourth-order valence-corrected chi connectivity index (χ4v) is 2.86. The number of hydrogen-bond acceptors (Lipinski definition) is 6. The number of nitrogens with two attached hydrogens (primary N) is 1. The lowest BCUT2D eigenvalue weighted by Crippen LogP contribution is -2.60. The second kappa shape index (κ2) is 4.91. The van der Waals surface area contributed by atoms with Gasteiger partial charge >= 0.3 is 0 Å². The first-order chi connectivity index (χ1) is 10.6. The summed E-state index contributed by atoms with van der Waals surface area (Å²) in [7, 11) is 1.92. The fraction of sp³-hybridized carbons (Fsp3) is 0.571. The smallest absolute Gasteiger partial charge is 0.231 e. The predicted molar refractivity (Wildman–Crippen MR) is 80.6 cm³/mol. The molecule has 1 saturated heterocycles. The van der Waals surface area contributed by atoms with Gasteiger partial charge in [-0.2, -0.15) is 4.52 Å². The van der Waals surface area contributed by atoms with Gasteiger partial charge < -0.3 is 10.6 Å². The van der Waals surface area contributed by atoms with Crippen molar-refractivity contribution in [3.63, 3.8) is 0 Å². The summed E-state index contributed by atoms with van der Waals surface area (Å²) in [4.78, 5) is 15.2. The van der Waals surface area contributed by atoms with Crippen molar-refractivity contribution >= 4 is 17.4 Å². The summed E-state index contributed by atoms with van der Waals surface area (Å²) in [5.41, 5.74) is 6.03. The van der Waals surface area contributed by atoms with Gasteiger partial charge in [0.15, 0.2) is 11.5 Å². The van der Waals surface area contributed by atoms with E-state index < -0.39 is 0 Å². The summed E-state index contributed by atoms with van der Waals surface area (Å²) >= 11 is 0.